The summed E-state index contributed by atoms with van der Waals surface area (Å²) in [6.07, 6.45) is 2.52. The number of nitrogens with two attached hydrogens (primary N) is 1. The van der Waals surface area contributed by atoms with Gasteiger partial charge in [-0.15, -0.1) is 11.3 Å². The highest BCUT2D eigenvalue weighted by molar-refractivity contribution is 7.15. The smallest absolute Gasteiger partial charge is 0.180 e. The summed E-state index contributed by atoms with van der Waals surface area (Å²) in [7, 11) is 0. The second kappa shape index (κ2) is 4.72. The van der Waals surface area contributed by atoms with Gasteiger partial charge < -0.3 is 5.73 Å². The van der Waals surface area contributed by atoms with Crippen molar-refractivity contribution in [2.75, 3.05) is 5.73 Å². The molecule has 1 aliphatic rings. The molecule has 1 aromatic heterocycles. The molecule has 0 fully saturated rings. The van der Waals surface area contributed by atoms with Crippen LogP contribution in [-0.2, 0) is 6.42 Å². The number of halogens is 3. The molecule has 1 unspecified atom stereocenters. The molecule has 0 radical (unpaired) electrons. The second-order valence-corrected chi connectivity index (χ2v) is 6.06. The van der Waals surface area contributed by atoms with E-state index in [1.165, 1.54) is 11.3 Å². The molecule has 0 spiro atoms. The third kappa shape index (κ3) is 2.21. The lowest BCUT2D eigenvalue weighted by Gasteiger charge is -2.23. The molecule has 0 saturated carbocycles. The van der Waals surface area contributed by atoms with Gasteiger partial charge in [-0.25, -0.2) is 13.8 Å². The lowest BCUT2D eigenvalue weighted by molar-refractivity contribution is 0.543. The molecule has 0 aliphatic heterocycles. The molecule has 100 valence electrons. The van der Waals surface area contributed by atoms with Gasteiger partial charge in [-0.2, -0.15) is 0 Å². The zero-order valence-electron chi connectivity index (χ0n) is 9.92. The quantitative estimate of drug-likeness (QED) is 0.860. The molecule has 2 aromatic rings. The highest BCUT2D eigenvalue weighted by Gasteiger charge is 2.29. The van der Waals surface area contributed by atoms with Crippen molar-refractivity contribution in [3.63, 3.8) is 0 Å². The lowest BCUT2D eigenvalue weighted by Crippen LogP contribution is -2.11. The zero-order valence-corrected chi connectivity index (χ0v) is 11.5. The van der Waals surface area contributed by atoms with Gasteiger partial charge in [0, 0.05) is 22.4 Å². The molecule has 2 nitrogen and oxygen atoms in total. The number of anilines is 1. The number of benzene rings is 1. The summed E-state index contributed by atoms with van der Waals surface area (Å²) in [4.78, 5) is 5.22. The van der Waals surface area contributed by atoms with Crippen LogP contribution < -0.4 is 5.73 Å². The number of fused-ring (bicyclic) bond motifs is 1. The molecule has 1 aliphatic carbocycles. The molecule has 0 amide bonds. The van der Waals surface area contributed by atoms with E-state index in [2.05, 4.69) is 4.98 Å². The third-order valence-electron chi connectivity index (χ3n) is 3.36. The molecule has 1 aromatic carbocycles. The second-order valence-electron chi connectivity index (χ2n) is 4.59. The third-order valence-corrected chi connectivity index (χ3v) is 4.71. The Labute approximate surface area is 118 Å². The Morgan fingerprint density at radius 1 is 1.37 bits per heavy atom. The first-order valence-electron chi connectivity index (χ1n) is 5.95. The van der Waals surface area contributed by atoms with Gasteiger partial charge in [-0.1, -0.05) is 11.6 Å². The Balaban J connectivity index is 2.14. The van der Waals surface area contributed by atoms with Crippen LogP contribution in [0.3, 0.4) is 0 Å². The minimum atomic E-state index is -0.661. The molecule has 2 N–H and O–H groups in total. The fourth-order valence-electron chi connectivity index (χ4n) is 2.60. The molecule has 3 rings (SSSR count). The number of nitrogens with zero attached hydrogens (tertiary/aromatic N) is 1. The van der Waals surface area contributed by atoms with Crippen molar-refractivity contribution in [3.8, 4) is 0 Å². The van der Waals surface area contributed by atoms with Crippen molar-refractivity contribution in [2.24, 2.45) is 0 Å². The van der Waals surface area contributed by atoms with Gasteiger partial charge in [0.15, 0.2) is 5.13 Å². The zero-order chi connectivity index (χ0) is 13.6. The largest absolute Gasteiger partial charge is 0.375 e. The van der Waals surface area contributed by atoms with Gasteiger partial charge in [-0.3, -0.25) is 0 Å². The highest BCUT2D eigenvalue weighted by Crippen LogP contribution is 2.43. The average molecular weight is 301 g/mol. The molecule has 1 heterocycles. The number of nitrogen functional groups attached to an aromatic ring is 1. The van der Waals surface area contributed by atoms with E-state index in [1.807, 2.05) is 0 Å². The fraction of sp³-hybridized carbons (Fsp3) is 0.308. The van der Waals surface area contributed by atoms with Crippen molar-refractivity contribution in [1.82, 2.24) is 4.98 Å². The first-order chi connectivity index (χ1) is 9.06. The van der Waals surface area contributed by atoms with E-state index >= 15 is 0 Å². The number of aromatic nitrogens is 1. The van der Waals surface area contributed by atoms with Crippen molar-refractivity contribution in [3.05, 3.63) is 44.9 Å². The van der Waals surface area contributed by atoms with Crippen LogP contribution in [0.15, 0.2) is 12.1 Å². The van der Waals surface area contributed by atoms with Crippen LogP contribution in [0.4, 0.5) is 13.9 Å². The molecule has 1 atom stereocenters. The van der Waals surface area contributed by atoms with E-state index in [4.69, 9.17) is 17.3 Å². The van der Waals surface area contributed by atoms with E-state index in [-0.39, 0.29) is 10.9 Å². The first-order valence-corrected chi connectivity index (χ1v) is 7.15. The summed E-state index contributed by atoms with van der Waals surface area (Å²) < 4.78 is 27.1. The lowest BCUT2D eigenvalue weighted by atomic mass is 9.86. The van der Waals surface area contributed by atoms with Gasteiger partial charge in [-0.05, 0) is 25.3 Å². The first kappa shape index (κ1) is 12.8. The Hall–Kier alpha value is -1.20. The number of hydrogen-bond donors (Lipinski definition) is 1. The molecular weight excluding hydrogens is 290 g/mol. The van der Waals surface area contributed by atoms with Crippen molar-refractivity contribution >= 4 is 28.1 Å². The van der Waals surface area contributed by atoms with Crippen molar-refractivity contribution < 1.29 is 8.78 Å². The van der Waals surface area contributed by atoms with Crippen molar-refractivity contribution in [1.29, 1.82) is 0 Å². The maximum absolute atomic E-state index is 14.0. The summed E-state index contributed by atoms with van der Waals surface area (Å²) in [5.74, 6) is -1.44. The van der Waals surface area contributed by atoms with Gasteiger partial charge >= 0.3 is 0 Å². The van der Waals surface area contributed by atoms with Gasteiger partial charge in [0.2, 0.25) is 0 Å². The topological polar surface area (TPSA) is 38.9 Å². The maximum atomic E-state index is 14.0. The Kier molecular flexibility index (Phi) is 3.19. The van der Waals surface area contributed by atoms with Gasteiger partial charge in [0.05, 0.1) is 10.7 Å². The fourth-order valence-corrected chi connectivity index (χ4v) is 3.95. The SMILES string of the molecule is Nc1nc2c(s1)C(c1c(F)cc(F)cc1Cl)CCC2. The predicted octanol–water partition coefficient (Wildman–Crippen LogP) is 4.13. The Morgan fingerprint density at radius 3 is 2.89 bits per heavy atom. The van der Waals surface area contributed by atoms with E-state index < -0.39 is 11.6 Å². The summed E-state index contributed by atoms with van der Waals surface area (Å²) in [6.45, 7) is 0. The van der Waals surface area contributed by atoms with Gasteiger partial charge in [0.1, 0.15) is 11.6 Å². The van der Waals surface area contributed by atoms with Crippen molar-refractivity contribution in [2.45, 2.75) is 25.2 Å². The minimum Gasteiger partial charge on any atom is -0.375 e. The van der Waals surface area contributed by atoms with E-state index in [0.29, 0.717) is 10.7 Å². The molecule has 0 saturated heterocycles. The molecule has 0 bridgehead atoms. The summed E-state index contributed by atoms with van der Waals surface area (Å²) in [5, 5.41) is 0.609. The Morgan fingerprint density at radius 2 is 2.16 bits per heavy atom. The standard InChI is InChI=1S/C13H11ClF2N2S/c14-8-4-6(15)5-9(16)11(8)7-2-1-3-10-12(7)19-13(17)18-10/h4-5,7H,1-3H2,(H2,17,18). The molecular formula is C13H11ClF2N2S. The van der Waals surface area contributed by atoms with E-state index in [1.54, 1.807) is 0 Å². The Bertz CT molecular complexity index is 619. The van der Waals surface area contributed by atoms with E-state index in [9.17, 15) is 8.78 Å². The van der Waals surface area contributed by atoms with Crippen LogP contribution in [0, 0.1) is 11.6 Å². The number of hydrogen-bond acceptors (Lipinski definition) is 3. The molecule has 19 heavy (non-hydrogen) atoms. The van der Waals surface area contributed by atoms with Crippen LogP contribution in [0.25, 0.3) is 0 Å². The monoisotopic (exact) mass is 300 g/mol. The van der Waals surface area contributed by atoms with Crippen LogP contribution >= 0.6 is 22.9 Å². The highest BCUT2D eigenvalue weighted by atomic mass is 35.5. The molecule has 6 heteroatoms. The van der Waals surface area contributed by atoms with Crippen LogP contribution in [0.1, 0.15) is 34.9 Å². The maximum Gasteiger partial charge on any atom is 0.180 e. The number of thiazole rings is 1. The average Bonchev–Trinajstić information content (AvgIpc) is 2.68. The van der Waals surface area contributed by atoms with Crippen LogP contribution in [0.5, 0.6) is 0 Å². The normalized spacial score (nSPS) is 18.4. The summed E-state index contributed by atoms with van der Waals surface area (Å²) in [5.41, 5.74) is 6.99. The van der Waals surface area contributed by atoms with Crippen LogP contribution in [-0.4, -0.2) is 4.98 Å². The van der Waals surface area contributed by atoms with Crippen LogP contribution in [0.2, 0.25) is 5.02 Å². The summed E-state index contributed by atoms with van der Waals surface area (Å²) >= 11 is 7.38. The van der Waals surface area contributed by atoms with E-state index in [0.717, 1.165) is 42.0 Å². The van der Waals surface area contributed by atoms with Gasteiger partial charge in [0.25, 0.3) is 0 Å². The predicted molar refractivity (Wildman–Crippen MR) is 72.7 cm³/mol. The summed E-state index contributed by atoms with van der Waals surface area (Å²) in [6, 6.07) is 2.03. The number of aryl methyl sites for hydroxylation is 1. The number of rotatable bonds is 1. The minimum absolute atomic E-state index is 0.127.